The minimum atomic E-state index is -0.992. The fraction of sp³-hybridized carbons (Fsp3) is 0.357. The van der Waals surface area contributed by atoms with Gasteiger partial charge in [-0.3, -0.25) is 14.0 Å². The molecule has 0 aliphatic carbocycles. The number of hydrogen-bond donors (Lipinski definition) is 2. The highest BCUT2D eigenvalue weighted by Crippen LogP contribution is 2.12. The molecular weight excluding hydrogens is 290 g/mol. The van der Waals surface area contributed by atoms with Crippen molar-refractivity contribution in [3.05, 3.63) is 46.0 Å². The fourth-order valence-corrected chi connectivity index (χ4v) is 2.76. The van der Waals surface area contributed by atoms with E-state index in [1.54, 1.807) is 6.20 Å². The zero-order chi connectivity index (χ0) is 15.4. The van der Waals surface area contributed by atoms with Crippen LogP contribution in [0.2, 0.25) is 0 Å². The third kappa shape index (κ3) is 4.05. The number of rotatable bonds is 6. The van der Waals surface area contributed by atoms with Gasteiger partial charge in [0.2, 0.25) is 0 Å². The Morgan fingerprint density at radius 3 is 3.00 bits per heavy atom. The molecule has 0 aliphatic rings. The van der Waals surface area contributed by atoms with Crippen molar-refractivity contribution in [2.24, 2.45) is 5.73 Å². The number of carbonyl (C=O) groups is 1. The van der Waals surface area contributed by atoms with Gasteiger partial charge in [-0.15, -0.1) is 0 Å². The van der Waals surface area contributed by atoms with Gasteiger partial charge in [0.05, 0.1) is 5.69 Å². The summed E-state index contributed by atoms with van der Waals surface area (Å²) in [7, 11) is 0. The van der Waals surface area contributed by atoms with Crippen molar-refractivity contribution >= 4 is 23.4 Å². The number of aliphatic carboxylic acids is 1. The average Bonchev–Trinajstić information content (AvgIpc) is 2.42. The van der Waals surface area contributed by atoms with Crippen molar-refractivity contribution in [1.29, 1.82) is 0 Å². The summed E-state index contributed by atoms with van der Waals surface area (Å²) in [6.45, 7) is 1.95. The van der Waals surface area contributed by atoms with E-state index in [4.69, 9.17) is 10.8 Å². The maximum atomic E-state index is 12.0. The number of thioether (sulfide) groups is 1. The van der Waals surface area contributed by atoms with Crippen LogP contribution < -0.4 is 11.3 Å². The molecule has 0 aromatic carbocycles. The predicted octanol–water partition coefficient (Wildman–Crippen LogP) is 1.04. The number of nitrogens with two attached hydrogens (primary N) is 1. The minimum absolute atomic E-state index is 0.113. The molecule has 112 valence electrons. The molecule has 0 bridgehead atoms. The molecule has 1 unspecified atom stereocenters. The summed E-state index contributed by atoms with van der Waals surface area (Å²) in [5, 5.41) is 8.69. The molecule has 0 saturated carbocycles. The number of hydrogen-bond acceptors (Lipinski definition) is 5. The molecule has 0 spiro atoms. The van der Waals surface area contributed by atoms with E-state index >= 15 is 0 Å². The molecule has 0 amide bonds. The van der Waals surface area contributed by atoms with Gasteiger partial charge in [0.25, 0.3) is 5.56 Å². The first-order valence-corrected chi connectivity index (χ1v) is 7.68. The van der Waals surface area contributed by atoms with Crippen LogP contribution in [0.5, 0.6) is 0 Å². The molecule has 3 N–H and O–H groups in total. The van der Waals surface area contributed by atoms with E-state index in [2.05, 4.69) is 4.98 Å². The first-order chi connectivity index (χ1) is 9.97. The second-order valence-electron chi connectivity index (χ2n) is 4.80. The van der Waals surface area contributed by atoms with Crippen LogP contribution in [0.3, 0.4) is 0 Å². The highest BCUT2D eigenvalue weighted by molar-refractivity contribution is 7.98. The van der Waals surface area contributed by atoms with E-state index in [9.17, 15) is 9.59 Å². The van der Waals surface area contributed by atoms with Gasteiger partial charge in [0, 0.05) is 18.0 Å². The van der Waals surface area contributed by atoms with Gasteiger partial charge in [-0.05, 0) is 36.8 Å². The van der Waals surface area contributed by atoms with Crippen molar-refractivity contribution in [3.63, 3.8) is 0 Å². The molecule has 2 aromatic rings. The Hall–Kier alpha value is -1.86. The summed E-state index contributed by atoms with van der Waals surface area (Å²) < 4.78 is 1.50. The van der Waals surface area contributed by atoms with Crippen LogP contribution in [0, 0.1) is 6.92 Å². The lowest BCUT2D eigenvalue weighted by molar-refractivity contribution is -0.138. The SMILES string of the molecule is Cc1ccn2c(=O)cc(CSCCC(N)C(=O)O)nc2c1. The second kappa shape index (κ2) is 6.73. The number of carboxylic acid groups (broad SMARTS) is 1. The Morgan fingerprint density at radius 2 is 2.29 bits per heavy atom. The molecule has 6 nitrogen and oxygen atoms in total. The monoisotopic (exact) mass is 307 g/mol. The lowest BCUT2D eigenvalue weighted by atomic mass is 10.2. The summed E-state index contributed by atoms with van der Waals surface area (Å²) in [6.07, 6.45) is 2.11. The van der Waals surface area contributed by atoms with Gasteiger partial charge in [-0.2, -0.15) is 11.8 Å². The van der Waals surface area contributed by atoms with Crippen LogP contribution in [-0.4, -0.2) is 32.3 Å². The summed E-state index contributed by atoms with van der Waals surface area (Å²) in [5.74, 6) is 0.183. The Morgan fingerprint density at radius 1 is 1.52 bits per heavy atom. The molecule has 0 aliphatic heterocycles. The largest absolute Gasteiger partial charge is 0.480 e. The van der Waals surface area contributed by atoms with E-state index in [-0.39, 0.29) is 5.56 Å². The van der Waals surface area contributed by atoms with Crippen LogP contribution in [0.15, 0.2) is 29.2 Å². The zero-order valence-electron chi connectivity index (χ0n) is 11.7. The highest BCUT2D eigenvalue weighted by Gasteiger charge is 2.10. The number of nitrogens with zero attached hydrogens (tertiary/aromatic N) is 2. The Bertz CT molecular complexity index is 714. The topological polar surface area (TPSA) is 97.7 Å². The highest BCUT2D eigenvalue weighted by atomic mass is 32.2. The summed E-state index contributed by atoms with van der Waals surface area (Å²) in [5.41, 5.74) is 7.68. The first-order valence-electron chi connectivity index (χ1n) is 6.52. The molecule has 2 heterocycles. The molecule has 0 radical (unpaired) electrons. The summed E-state index contributed by atoms with van der Waals surface area (Å²) in [4.78, 5) is 27.0. The lowest BCUT2D eigenvalue weighted by Gasteiger charge is -2.07. The van der Waals surface area contributed by atoms with Crippen LogP contribution in [0.25, 0.3) is 5.65 Å². The van der Waals surface area contributed by atoms with Gasteiger partial charge >= 0.3 is 5.97 Å². The third-order valence-corrected chi connectivity index (χ3v) is 4.04. The van der Waals surface area contributed by atoms with Gasteiger partial charge < -0.3 is 10.8 Å². The van der Waals surface area contributed by atoms with E-state index < -0.39 is 12.0 Å². The molecule has 0 saturated heterocycles. The van der Waals surface area contributed by atoms with Crippen molar-refractivity contribution < 1.29 is 9.90 Å². The molecular formula is C14H17N3O3S. The standard InChI is InChI=1S/C14H17N3O3S/c1-9-2-4-17-12(6-9)16-10(7-13(17)18)8-21-5-3-11(15)14(19)20/h2,4,6-7,11H,3,5,8,15H2,1H3,(H,19,20). The molecule has 21 heavy (non-hydrogen) atoms. The van der Waals surface area contributed by atoms with E-state index in [0.717, 1.165) is 5.56 Å². The Labute approximate surface area is 126 Å². The summed E-state index contributed by atoms with van der Waals surface area (Å²) >= 11 is 1.52. The van der Waals surface area contributed by atoms with Crippen LogP contribution >= 0.6 is 11.8 Å². The molecule has 7 heteroatoms. The minimum Gasteiger partial charge on any atom is -0.480 e. The van der Waals surface area contributed by atoms with Crippen molar-refractivity contribution in [1.82, 2.24) is 9.38 Å². The maximum Gasteiger partial charge on any atom is 0.320 e. The normalized spacial score (nSPS) is 12.5. The lowest BCUT2D eigenvalue weighted by Crippen LogP contribution is -2.30. The van der Waals surface area contributed by atoms with Crippen LogP contribution in [0.1, 0.15) is 17.7 Å². The number of aryl methyl sites for hydroxylation is 1. The van der Waals surface area contributed by atoms with Crippen LogP contribution in [0.4, 0.5) is 0 Å². The summed E-state index contributed by atoms with van der Waals surface area (Å²) in [6, 6.07) is 4.38. The van der Waals surface area contributed by atoms with Gasteiger partial charge in [-0.1, -0.05) is 0 Å². The second-order valence-corrected chi connectivity index (χ2v) is 5.91. The number of carboxylic acids is 1. The zero-order valence-corrected chi connectivity index (χ0v) is 12.5. The first kappa shape index (κ1) is 15.5. The van der Waals surface area contributed by atoms with Crippen molar-refractivity contribution in [3.8, 4) is 0 Å². The molecule has 2 aromatic heterocycles. The van der Waals surface area contributed by atoms with Gasteiger partial charge in [-0.25, -0.2) is 4.98 Å². The maximum absolute atomic E-state index is 12.0. The fourth-order valence-electron chi connectivity index (χ4n) is 1.84. The quantitative estimate of drug-likeness (QED) is 0.774. The predicted molar refractivity (Wildman–Crippen MR) is 82.6 cm³/mol. The smallest absolute Gasteiger partial charge is 0.320 e. The van der Waals surface area contributed by atoms with Gasteiger partial charge in [0.1, 0.15) is 11.7 Å². The Balaban J connectivity index is 2.03. The number of aromatic nitrogens is 2. The number of pyridine rings is 1. The van der Waals surface area contributed by atoms with E-state index in [1.165, 1.54) is 22.2 Å². The van der Waals surface area contributed by atoms with Crippen molar-refractivity contribution in [2.75, 3.05) is 5.75 Å². The number of fused-ring (bicyclic) bond motifs is 1. The van der Waals surface area contributed by atoms with E-state index in [1.807, 2.05) is 19.1 Å². The molecule has 1 atom stereocenters. The van der Waals surface area contributed by atoms with Crippen molar-refractivity contribution in [2.45, 2.75) is 25.1 Å². The van der Waals surface area contributed by atoms with Crippen LogP contribution in [-0.2, 0) is 10.5 Å². The van der Waals surface area contributed by atoms with Gasteiger partial charge in [0.15, 0.2) is 0 Å². The van der Waals surface area contributed by atoms with E-state index in [0.29, 0.717) is 29.3 Å². The average molecular weight is 307 g/mol. The third-order valence-electron chi connectivity index (χ3n) is 3.02. The molecule has 2 rings (SSSR count). The molecule has 0 fully saturated rings. The Kier molecular flexibility index (Phi) is 4.98.